The number of aromatic amines is 1. The number of likely N-dealkylation sites (tertiary alicyclic amines) is 1. The Morgan fingerprint density at radius 1 is 1.56 bits per heavy atom. The van der Waals surface area contributed by atoms with Crippen LogP contribution in [-0.4, -0.2) is 37.5 Å². The second-order valence-electron chi connectivity index (χ2n) is 4.54. The highest BCUT2D eigenvalue weighted by atomic mass is 35.5. The fourth-order valence-electron chi connectivity index (χ4n) is 2.43. The molecule has 0 spiro atoms. The maximum absolute atomic E-state index is 6.04. The zero-order valence-corrected chi connectivity index (χ0v) is 11.4. The molecular formula is C11H14ClN5S. The predicted molar refractivity (Wildman–Crippen MR) is 70.8 cm³/mol. The number of piperidine rings is 1. The Kier molecular flexibility index (Phi) is 3.58. The zero-order valence-electron chi connectivity index (χ0n) is 9.84. The maximum atomic E-state index is 6.04. The molecule has 0 aromatic carbocycles. The fourth-order valence-corrected chi connectivity index (χ4v) is 3.04. The van der Waals surface area contributed by atoms with Crippen LogP contribution in [0.5, 0.6) is 0 Å². The Labute approximate surface area is 114 Å². The quantitative estimate of drug-likeness (QED) is 0.939. The first-order chi connectivity index (χ1) is 8.83. The van der Waals surface area contributed by atoms with Crippen molar-refractivity contribution in [2.45, 2.75) is 25.3 Å². The van der Waals surface area contributed by atoms with E-state index in [-0.39, 0.29) is 0 Å². The Hall–Kier alpha value is -0.980. The summed E-state index contributed by atoms with van der Waals surface area (Å²) in [5.41, 5.74) is 0.891. The van der Waals surface area contributed by atoms with E-state index in [2.05, 4.69) is 24.5 Å². The van der Waals surface area contributed by atoms with Crippen LogP contribution in [-0.2, 0) is 6.54 Å². The van der Waals surface area contributed by atoms with Crippen LogP contribution in [0.2, 0.25) is 4.34 Å². The molecule has 0 amide bonds. The van der Waals surface area contributed by atoms with Crippen molar-refractivity contribution in [1.82, 2.24) is 24.5 Å². The molecule has 3 rings (SSSR count). The Morgan fingerprint density at radius 3 is 3.22 bits per heavy atom. The van der Waals surface area contributed by atoms with E-state index in [1.807, 2.05) is 12.4 Å². The first-order valence-electron chi connectivity index (χ1n) is 6.01. The monoisotopic (exact) mass is 283 g/mol. The Morgan fingerprint density at radius 2 is 2.50 bits per heavy atom. The van der Waals surface area contributed by atoms with Gasteiger partial charge in [-0.2, -0.15) is 0 Å². The van der Waals surface area contributed by atoms with E-state index in [0.29, 0.717) is 10.3 Å². The molecule has 18 heavy (non-hydrogen) atoms. The highest BCUT2D eigenvalue weighted by molar-refractivity contribution is 7.10. The number of hydrogen-bond acceptors (Lipinski definition) is 5. The smallest absolute Gasteiger partial charge is 0.138 e. The average Bonchev–Trinajstić information content (AvgIpc) is 3.02. The molecule has 2 aromatic rings. The lowest BCUT2D eigenvalue weighted by atomic mass is 9.97. The molecule has 0 radical (unpaired) electrons. The normalized spacial score (nSPS) is 21.3. The number of nitrogens with zero attached hydrogens (tertiary/aromatic N) is 4. The van der Waals surface area contributed by atoms with Crippen molar-refractivity contribution in [3.8, 4) is 0 Å². The third-order valence-corrected chi connectivity index (χ3v) is 4.28. The van der Waals surface area contributed by atoms with Crippen molar-refractivity contribution in [2.24, 2.45) is 0 Å². The van der Waals surface area contributed by atoms with Crippen molar-refractivity contribution >= 4 is 23.1 Å². The topological polar surface area (TPSA) is 57.7 Å². The van der Waals surface area contributed by atoms with E-state index >= 15 is 0 Å². The van der Waals surface area contributed by atoms with Gasteiger partial charge in [-0.15, -0.1) is 5.10 Å². The summed E-state index contributed by atoms with van der Waals surface area (Å²) < 4.78 is 4.57. The first kappa shape index (κ1) is 12.1. The van der Waals surface area contributed by atoms with Gasteiger partial charge in [0.1, 0.15) is 15.9 Å². The second kappa shape index (κ2) is 5.34. The minimum Gasteiger partial charge on any atom is -0.348 e. The van der Waals surface area contributed by atoms with Crippen LogP contribution in [0, 0.1) is 0 Å². The lowest BCUT2D eigenvalue weighted by Gasteiger charge is -2.31. The van der Waals surface area contributed by atoms with E-state index in [1.54, 1.807) is 0 Å². The van der Waals surface area contributed by atoms with Gasteiger partial charge in [0.2, 0.25) is 0 Å². The molecular weight excluding hydrogens is 270 g/mol. The molecule has 1 N–H and O–H groups in total. The summed E-state index contributed by atoms with van der Waals surface area (Å²) in [6.45, 7) is 2.87. The van der Waals surface area contributed by atoms with E-state index in [4.69, 9.17) is 11.6 Å². The van der Waals surface area contributed by atoms with Crippen LogP contribution in [0.25, 0.3) is 0 Å². The highest BCUT2D eigenvalue weighted by Gasteiger charge is 2.24. The van der Waals surface area contributed by atoms with Gasteiger partial charge in [0.15, 0.2) is 0 Å². The van der Waals surface area contributed by atoms with Gasteiger partial charge in [-0.05, 0) is 19.4 Å². The van der Waals surface area contributed by atoms with Crippen molar-refractivity contribution in [3.05, 3.63) is 28.2 Å². The third kappa shape index (κ3) is 2.55. The molecule has 0 saturated carbocycles. The molecule has 5 nitrogen and oxygen atoms in total. The van der Waals surface area contributed by atoms with Gasteiger partial charge < -0.3 is 4.98 Å². The number of halogens is 1. The van der Waals surface area contributed by atoms with Crippen molar-refractivity contribution in [3.63, 3.8) is 0 Å². The number of rotatable bonds is 3. The summed E-state index contributed by atoms with van der Waals surface area (Å²) in [6.07, 6.45) is 6.07. The maximum Gasteiger partial charge on any atom is 0.138 e. The fraction of sp³-hybridized carbons (Fsp3) is 0.545. The van der Waals surface area contributed by atoms with E-state index in [0.717, 1.165) is 31.2 Å². The van der Waals surface area contributed by atoms with Crippen LogP contribution in [0.15, 0.2) is 12.4 Å². The van der Waals surface area contributed by atoms with Crippen molar-refractivity contribution in [1.29, 1.82) is 0 Å². The molecule has 1 saturated heterocycles. The summed E-state index contributed by atoms with van der Waals surface area (Å²) in [6, 6.07) is 0. The zero-order chi connectivity index (χ0) is 12.4. The molecule has 1 aliphatic rings. The van der Waals surface area contributed by atoms with Crippen molar-refractivity contribution < 1.29 is 0 Å². The van der Waals surface area contributed by atoms with Gasteiger partial charge in [-0.25, -0.2) is 4.98 Å². The minimum absolute atomic E-state index is 0.485. The molecule has 96 valence electrons. The van der Waals surface area contributed by atoms with Gasteiger partial charge in [0.25, 0.3) is 0 Å². The average molecular weight is 284 g/mol. The van der Waals surface area contributed by atoms with Gasteiger partial charge in [0, 0.05) is 42.9 Å². The van der Waals surface area contributed by atoms with Crippen LogP contribution >= 0.6 is 23.1 Å². The summed E-state index contributed by atoms with van der Waals surface area (Å²) in [5, 5.41) is 4.07. The van der Waals surface area contributed by atoms with Crippen LogP contribution < -0.4 is 0 Å². The number of hydrogen-bond donors (Lipinski definition) is 1. The lowest BCUT2D eigenvalue weighted by Crippen LogP contribution is -2.34. The number of imidazole rings is 1. The molecule has 3 heterocycles. The second-order valence-corrected chi connectivity index (χ2v) is 5.90. The molecule has 1 atom stereocenters. The van der Waals surface area contributed by atoms with E-state index in [9.17, 15) is 0 Å². The lowest BCUT2D eigenvalue weighted by molar-refractivity contribution is 0.195. The summed E-state index contributed by atoms with van der Waals surface area (Å²) >= 11 is 7.29. The molecule has 7 heteroatoms. The number of H-pyrrole nitrogens is 1. The first-order valence-corrected chi connectivity index (χ1v) is 7.16. The van der Waals surface area contributed by atoms with E-state index in [1.165, 1.54) is 24.4 Å². The highest BCUT2D eigenvalue weighted by Crippen LogP contribution is 2.26. The molecule has 0 unspecified atom stereocenters. The summed E-state index contributed by atoms with van der Waals surface area (Å²) in [4.78, 5) is 9.94. The third-order valence-electron chi connectivity index (χ3n) is 3.29. The largest absolute Gasteiger partial charge is 0.348 e. The molecule has 1 fully saturated rings. The van der Waals surface area contributed by atoms with Crippen LogP contribution in [0.3, 0.4) is 0 Å². The number of nitrogens with one attached hydrogen (secondary N) is 1. The molecule has 1 aliphatic heterocycles. The standard InChI is InChI=1S/C11H14ClN5S/c12-10-9(15-16-18-10)7-17-5-1-2-8(6-17)11-13-3-4-14-11/h3-4,8H,1-2,5-7H2,(H,13,14)/t8-/m0/s1. The predicted octanol–water partition coefficient (Wildman–Crippen LogP) is 2.29. The van der Waals surface area contributed by atoms with Gasteiger partial charge in [-0.1, -0.05) is 16.1 Å². The SMILES string of the molecule is Clc1snnc1CN1CCC[C@H](c2ncc[nH]2)C1. The van der Waals surface area contributed by atoms with Gasteiger partial charge >= 0.3 is 0 Å². The summed E-state index contributed by atoms with van der Waals surface area (Å²) in [5.74, 6) is 1.57. The molecule has 0 bridgehead atoms. The van der Waals surface area contributed by atoms with E-state index < -0.39 is 0 Å². The van der Waals surface area contributed by atoms with Gasteiger partial charge in [-0.3, -0.25) is 4.90 Å². The van der Waals surface area contributed by atoms with Gasteiger partial charge in [0.05, 0.1) is 0 Å². The molecule has 2 aromatic heterocycles. The Bertz CT molecular complexity index is 497. The minimum atomic E-state index is 0.485. The van der Waals surface area contributed by atoms with Crippen molar-refractivity contribution in [2.75, 3.05) is 13.1 Å². The number of aromatic nitrogens is 4. The summed E-state index contributed by atoms with van der Waals surface area (Å²) in [7, 11) is 0. The van der Waals surface area contributed by atoms with Crippen LogP contribution in [0.4, 0.5) is 0 Å². The Balaban J connectivity index is 1.66. The van der Waals surface area contributed by atoms with Crippen LogP contribution in [0.1, 0.15) is 30.3 Å². The molecule has 0 aliphatic carbocycles.